The summed E-state index contributed by atoms with van der Waals surface area (Å²) in [6.07, 6.45) is 4.05. The molecule has 0 saturated carbocycles. The van der Waals surface area contributed by atoms with E-state index in [9.17, 15) is 4.79 Å². The van der Waals surface area contributed by atoms with Crippen LogP contribution in [0.5, 0.6) is 0 Å². The second-order valence-electron chi connectivity index (χ2n) is 5.17. The number of nitrogens with zero attached hydrogens (tertiary/aromatic N) is 1. The predicted octanol–water partition coefficient (Wildman–Crippen LogP) is 3.44. The molecule has 0 aliphatic carbocycles. The number of nitrogen functional groups attached to an aromatic ring is 1. The molecule has 0 spiro atoms. The van der Waals surface area contributed by atoms with Crippen molar-refractivity contribution >= 4 is 11.6 Å². The lowest BCUT2D eigenvalue weighted by Crippen LogP contribution is -2.32. The third-order valence-corrected chi connectivity index (χ3v) is 3.46. The number of benzene rings is 1. The highest BCUT2D eigenvalue weighted by Gasteiger charge is 2.20. The number of nitrogens with two attached hydrogens (primary N) is 1. The molecular formula is C16H26N2O. The van der Waals surface area contributed by atoms with Crippen molar-refractivity contribution in [1.82, 2.24) is 4.90 Å². The lowest BCUT2D eigenvalue weighted by molar-refractivity contribution is -0.135. The summed E-state index contributed by atoms with van der Waals surface area (Å²) in [5.74, 6) is 0.400. The van der Waals surface area contributed by atoms with Crippen molar-refractivity contribution in [3.05, 3.63) is 29.8 Å². The topological polar surface area (TPSA) is 46.3 Å². The van der Waals surface area contributed by atoms with E-state index in [1.807, 2.05) is 36.2 Å². The summed E-state index contributed by atoms with van der Waals surface area (Å²) in [4.78, 5) is 14.2. The first-order chi connectivity index (χ1) is 9.10. The molecule has 0 unspecified atom stereocenters. The smallest absolute Gasteiger partial charge is 0.225 e. The third kappa shape index (κ3) is 4.58. The fraction of sp³-hybridized carbons (Fsp3) is 0.562. The Morgan fingerprint density at radius 2 is 1.79 bits per heavy atom. The van der Waals surface area contributed by atoms with E-state index in [1.54, 1.807) is 0 Å². The van der Waals surface area contributed by atoms with Crippen LogP contribution >= 0.6 is 0 Å². The molecule has 1 amide bonds. The van der Waals surface area contributed by atoms with Crippen molar-refractivity contribution in [1.29, 1.82) is 0 Å². The van der Waals surface area contributed by atoms with Crippen LogP contribution in [0, 0.1) is 5.92 Å². The Labute approximate surface area is 116 Å². The number of carbonyl (C=O) groups excluding carboxylic acids is 1. The van der Waals surface area contributed by atoms with Crippen LogP contribution < -0.4 is 5.73 Å². The second kappa shape index (κ2) is 7.82. The van der Waals surface area contributed by atoms with E-state index in [4.69, 9.17) is 5.73 Å². The zero-order valence-electron chi connectivity index (χ0n) is 12.4. The van der Waals surface area contributed by atoms with E-state index >= 15 is 0 Å². The zero-order valence-corrected chi connectivity index (χ0v) is 12.4. The zero-order chi connectivity index (χ0) is 14.3. The van der Waals surface area contributed by atoms with Crippen LogP contribution in [0.4, 0.5) is 5.69 Å². The minimum Gasteiger partial charge on any atom is -0.398 e. The monoisotopic (exact) mass is 262 g/mol. The van der Waals surface area contributed by atoms with Crippen LogP contribution in [0.1, 0.15) is 45.1 Å². The Hall–Kier alpha value is -1.51. The number of carbonyl (C=O) groups is 1. The van der Waals surface area contributed by atoms with Gasteiger partial charge >= 0.3 is 0 Å². The fourth-order valence-corrected chi connectivity index (χ4v) is 2.41. The molecule has 1 rings (SSSR count). The van der Waals surface area contributed by atoms with Gasteiger partial charge in [0.2, 0.25) is 5.91 Å². The summed E-state index contributed by atoms with van der Waals surface area (Å²) in [5, 5.41) is 0. The molecule has 1 aromatic rings. The molecule has 2 N–H and O–H groups in total. The van der Waals surface area contributed by atoms with E-state index in [2.05, 4.69) is 13.8 Å². The Bertz CT molecular complexity index is 397. The van der Waals surface area contributed by atoms with Gasteiger partial charge in [0.15, 0.2) is 0 Å². The maximum absolute atomic E-state index is 12.4. The Morgan fingerprint density at radius 1 is 1.21 bits per heavy atom. The number of amides is 1. The molecule has 0 heterocycles. The van der Waals surface area contributed by atoms with Gasteiger partial charge in [-0.15, -0.1) is 0 Å². The summed E-state index contributed by atoms with van der Waals surface area (Å²) in [5.41, 5.74) is 7.70. The Balaban J connectivity index is 2.68. The van der Waals surface area contributed by atoms with Crippen molar-refractivity contribution in [3.63, 3.8) is 0 Å². The molecule has 0 aliphatic heterocycles. The largest absolute Gasteiger partial charge is 0.398 e. The van der Waals surface area contributed by atoms with E-state index in [1.165, 1.54) is 0 Å². The van der Waals surface area contributed by atoms with E-state index in [0.717, 1.165) is 36.9 Å². The molecule has 3 nitrogen and oxygen atoms in total. The lowest BCUT2D eigenvalue weighted by Gasteiger charge is -2.24. The van der Waals surface area contributed by atoms with Crippen LogP contribution in [0.25, 0.3) is 0 Å². The molecule has 0 atom stereocenters. The average molecular weight is 262 g/mol. The normalized spacial score (nSPS) is 10.7. The van der Waals surface area contributed by atoms with Gasteiger partial charge < -0.3 is 10.6 Å². The molecule has 0 fully saturated rings. The number of hydrogen-bond donors (Lipinski definition) is 1. The van der Waals surface area contributed by atoms with Gasteiger partial charge in [0.1, 0.15) is 0 Å². The van der Waals surface area contributed by atoms with Crippen molar-refractivity contribution < 1.29 is 4.79 Å². The first kappa shape index (κ1) is 15.5. The maximum atomic E-state index is 12.4. The number of hydrogen-bond acceptors (Lipinski definition) is 2. The lowest BCUT2D eigenvalue weighted by atomic mass is 9.96. The highest BCUT2D eigenvalue weighted by molar-refractivity contribution is 5.78. The van der Waals surface area contributed by atoms with Gasteiger partial charge in [0, 0.05) is 25.2 Å². The first-order valence-electron chi connectivity index (χ1n) is 7.18. The first-order valence-corrected chi connectivity index (χ1v) is 7.18. The molecule has 106 valence electrons. The van der Waals surface area contributed by atoms with Crippen molar-refractivity contribution in [2.75, 3.05) is 12.8 Å². The van der Waals surface area contributed by atoms with Gasteiger partial charge in [-0.25, -0.2) is 0 Å². The number of rotatable bonds is 7. The standard InChI is InChI=1S/C16H26N2O/c1-4-8-13(9-5-2)16(19)18(3)12-14-10-6-7-11-15(14)17/h6-7,10-11,13H,4-5,8-9,12,17H2,1-3H3. The number of para-hydroxylation sites is 1. The minimum atomic E-state index is 0.157. The summed E-state index contributed by atoms with van der Waals surface area (Å²) in [6, 6.07) is 7.73. The molecule has 0 saturated heterocycles. The van der Waals surface area contributed by atoms with Crippen molar-refractivity contribution in [3.8, 4) is 0 Å². The highest BCUT2D eigenvalue weighted by atomic mass is 16.2. The quantitative estimate of drug-likeness (QED) is 0.765. The summed E-state index contributed by atoms with van der Waals surface area (Å²) in [7, 11) is 1.87. The third-order valence-electron chi connectivity index (χ3n) is 3.46. The molecule has 0 radical (unpaired) electrons. The van der Waals surface area contributed by atoms with Crippen LogP contribution in [-0.2, 0) is 11.3 Å². The fourth-order valence-electron chi connectivity index (χ4n) is 2.41. The molecule has 0 aromatic heterocycles. The molecule has 19 heavy (non-hydrogen) atoms. The summed E-state index contributed by atoms with van der Waals surface area (Å²) >= 11 is 0. The minimum absolute atomic E-state index is 0.157. The highest BCUT2D eigenvalue weighted by Crippen LogP contribution is 2.19. The molecule has 1 aromatic carbocycles. The van der Waals surface area contributed by atoms with E-state index < -0.39 is 0 Å². The molecule has 0 aliphatic rings. The summed E-state index contributed by atoms with van der Waals surface area (Å²) in [6.45, 7) is 4.85. The van der Waals surface area contributed by atoms with Gasteiger partial charge in [-0.3, -0.25) is 4.79 Å². The Morgan fingerprint density at radius 3 is 2.32 bits per heavy atom. The maximum Gasteiger partial charge on any atom is 0.225 e. The van der Waals surface area contributed by atoms with Gasteiger partial charge in [0.05, 0.1) is 0 Å². The van der Waals surface area contributed by atoms with Crippen LogP contribution in [0.2, 0.25) is 0 Å². The van der Waals surface area contributed by atoms with Gasteiger partial charge in [-0.1, -0.05) is 44.9 Å². The van der Waals surface area contributed by atoms with Crippen LogP contribution in [0.15, 0.2) is 24.3 Å². The van der Waals surface area contributed by atoms with Gasteiger partial charge in [-0.05, 0) is 24.5 Å². The van der Waals surface area contributed by atoms with Crippen LogP contribution in [0.3, 0.4) is 0 Å². The number of anilines is 1. The van der Waals surface area contributed by atoms with E-state index in [-0.39, 0.29) is 11.8 Å². The predicted molar refractivity (Wildman–Crippen MR) is 80.6 cm³/mol. The van der Waals surface area contributed by atoms with Crippen molar-refractivity contribution in [2.24, 2.45) is 5.92 Å². The van der Waals surface area contributed by atoms with Gasteiger partial charge in [-0.2, -0.15) is 0 Å². The Kier molecular flexibility index (Phi) is 6.40. The molecule has 3 heteroatoms. The van der Waals surface area contributed by atoms with Crippen LogP contribution in [-0.4, -0.2) is 17.9 Å². The summed E-state index contributed by atoms with van der Waals surface area (Å²) < 4.78 is 0. The van der Waals surface area contributed by atoms with Crippen molar-refractivity contribution in [2.45, 2.75) is 46.1 Å². The van der Waals surface area contributed by atoms with E-state index in [0.29, 0.717) is 6.54 Å². The van der Waals surface area contributed by atoms with Gasteiger partial charge in [0.25, 0.3) is 0 Å². The average Bonchev–Trinajstić information content (AvgIpc) is 2.40. The SMILES string of the molecule is CCCC(CCC)C(=O)N(C)Cc1ccccc1N. The molecule has 0 bridgehead atoms. The second-order valence-corrected chi connectivity index (χ2v) is 5.17. The molecular weight excluding hydrogens is 236 g/mol.